The lowest BCUT2D eigenvalue weighted by Crippen LogP contribution is -2.29. The van der Waals surface area contributed by atoms with Crippen molar-refractivity contribution in [2.24, 2.45) is 0 Å². The summed E-state index contributed by atoms with van der Waals surface area (Å²) < 4.78 is 6.74. The summed E-state index contributed by atoms with van der Waals surface area (Å²) in [5.74, 6) is 1.70. The molecule has 0 amide bonds. The van der Waals surface area contributed by atoms with Crippen LogP contribution in [0.5, 0.6) is 11.5 Å². The maximum atomic E-state index is 6.74. The summed E-state index contributed by atoms with van der Waals surface area (Å²) in [6.07, 6.45) is 0. The van der Waals surface area contributed by atoms with Crippen LogP contribution >= 0.6 is 0 Å². The Morgan fingerprint density at radius 3 is 1.45 bits per heavy atom. The number of anilines is 3. The standard InChI is InChI=1S/C63H39NO/c1-2-18-40(19-3-1)64(42-35-37-60-55(39-42)48-25-7-5-21-44(48)50-27-14-17-33-59(50)65-60)41-34-36-58-54(38-41)47-24-6-4-20-43(47)49-26-12-15-31-56(49)63(58)57-32-16-13-30-53(57)61-51-28-10-8-22-45(51)46-23-9-11-29-52(46)62(61)63/h1-39H. The largest absolute Gasteiger partial charge is 0.456 e. The molecule has 2 nitrogen and oxygen atoms in total. The monoisotopic (exact) mass is 825 g/mol. The fraction of sp³-hybridized carbons (Fsp3) is 0.0159. The molecule has 3 aliphatic rings. The van der Waals surface area contributed by atoms with Gasteiger partial charge in [-0.3, -0.25) is 0 Å². The Labute approximate surface area is 377 Å². The summed E-state index contributed by atoms with van der Waals surface area (Å²) in [7, 11) is 0. The Balaban J connectivity index is 1.08. The van der Waals surface area contributed by atoms with Crippen molar-refractivity contribution in [2.45, 2.75) is 5.41 Å². The van der Waals surface area contributed by atoms with Crippen LogP contribution in [-0.2, 0) is 5.41 Å². The second kappa shape index (κ2) is 13.8. The number of rotatable bonds is 3. The van der Waals surface area contributed by atoms with E-state index in [-0.39, 0.29) is 0 Å². The first-order chi connectivity index (χ1) is 32.3. The lowest BCUT2D eigenvalue weighted by Gasteiger charge is -2.37. The summed E-state index contributed by atoms with van der Waals surface area (Å²) in [6, 6.07) is 87.3. The van der Waals surface area contributed by atoms with Gasteiger partial charge >= 0.3 is 0 Å². The van der Waals surface area contributed by atoms with Gasteiger partial charge in [0.1, 0.15) is 11.5 Å². The molecular formula is C63H39NO. The summed E-state index contributed by atoms with van der Waals surface area (Å²) in [5, 5.41) is 5.13. The molecule has 0 N–H and O–H groups in total. The van der Waals surface area contributed by atoms with Crippen molar-refractivity contribution in [3.63, 3.8) is 0 Å². The molecule has 1 atom stereocenters. The molecule has 1 heterocycles. The van der Waals surface area contributed by atoms with E-state index in [4.69, 9.17) is 4.74 Å². The highest BCUT2D eigenvalue weighted by Crippen LogP contribution is 2.64. The maximum absolute atomic E-state index is 6.74. The van der Waals surface area contributed by atoms with Gasteiger partial charge in [-0.1, -0.05) is 188 Å². The van der Waals surface area contributed by atoms with Crippen LogP contribution in [0.4, 0.5) is 17.1 Å². The van der Waals surface area contributed by atoms with Gasteiger partial charge < -0.3 is 9.64 Å². The van der Waals surface area contributed by atoms with Crippen molar-refractivity contribution in [1.82, 2.24) is 0 Å². The molecule has 2 aliphatic carbocycles. The SMILES string of the molecule is c1ccc(N(c2ccc3c(c2)-c2ccccc2-c2ccccc2O3)c2ccc3c(c2)-c2ccccc2-c2ccccc2C32c3ccccc3-c3c2c2ccccc2c2ccccc32)cc1. The van der Waals surface area contributed by atoms with Crippen LogP contribution in [0.15, 0.2) is 237 Å². The third kappa shape index (κ3) is 4.99. The van der Waals surface area contributed by atoms with Gasteiger partial charge in [0.15, 0.2) is 0 Å². The highest BCUT2D eigenvalue weighted by Gasteiger charge is 2.51. The Morgan fingerprint density at radius 2 is 0.723 bits per heavy atom. The van der Waals surface area contributed by atoms with E-state index in [1.807, 2.05) is 6.07 Å². The van der Waals surface area contributed by atoms with E-state index in [0.717, 1.165) is 50.8 Å². The van der Waals surface area contributed by atoms with Crippen molar-refractivity contribution in [3.05, 3.63) is 259 Å². The van der Waals surface area contributed by atoms with Crippen molar-refractivity contribution in [3.8, 4) is 67.1 Å². The van der Waals surface area contributed by atoms with Gasteiger partial charge in [-0.05, 0) is 137 Å². The lowest BCUT2D eigenvalue weighted by atomic mass is 9.64. The molecule has 0 fully saturated rings. The fourth-order valence-corrected chi connectivity index (χ4v) is 11.7. The molecule has 2 heteroatoms. The number of hydrogen-bond acceptors (Lipinski definition) is 2. The maximum Gasteiger partial charge on any atom is 0.135 e. The van der Waals surface area contributed by atoms with E-state index in [1.165, 1.54) is 77.2 Å². The number of ether oxygens (including phenoxy) is 1. The second-order valence-corrected chi connectivity index (χ2v) is 17.5. The highest BCUT2D eigenvalue weighted by atomic mass is 16.5. The minimum atomic E-state index is -0.642. The molecule has 1 unspecified atom stereocenters. The first-order valence-electron chi connectivity index (χ1n) is 22.5. The Bertz CT molecular complexity index is 3770. The molecule has 0 bridgehead atoms. The normalized spacial score (nSPS) is 14.6. The zero-order valence-corrected chi connectivity index (χ0v) is 35.4. The van der Waals surface area contributed by atoms with Gasteiger partial charge in [0.25, 0.3) is 0 Å². The molecule has 0 saturated heterocycles. The number of fused-ring (bicyclic) bond motifs is 22. The molecule has 11 aromatic rings. The van der Waals surface area contributed by atoms with E-state index < -0.39 is 5.41 Å². The number of hydrogen-bond donors (Lipinski definition) is 0. The smallest absolute Gasteiger partial charge is 0.135 e. The molecule has 302 valence electrons. The summed E-state index contributed by atoms with van der Waals surface area (Å²) in [4.78, 5) is 2.41. The van der Waals surface area contributed by atoms with Crippen LogP contribution in [0.25, 0.3) is 77.2 Å². The minimum absolute atomic E-state index is 0.642. The average molecular weight is 826 g/mol. The molecule has 1 aliphatic heterocycles. The second-order valence-electron chi connectivity index (χ2n) is 17.5. The van der Waals surface area contributed by atoms with Crippen molar-refractivity contribution in [2.75, 3.05) is 4.90 Å². The van der Waals surface area contributed by atoms with Gasteiger partial charge in [-0.15, -0.1) is 0 Å². The van der Waals surface area contributed by atoms with Crippen LogP contribution in [-0.4, -0.2) is 0 Å². The predicted molar refractivity (Wildman–Crippen MR) is 269 cm³/mol. The van der Waals surface area contributed by atoms with E-state index in [2.05, 4.69) is 235 Å². The van der Waals surface area contributed by atoms with Crippen LogP contribution < -0.4 is 9.64 Å². The van der Waals surface area contributed by atoms with Gasteiger partial charge in [-0.25, -0.2) is 0 Å². The molecule has 1 spiro atoms. The summed E-state index contributed by atoms with van der Waals surface area (Å²) in [5.41, 5.74) is 19.8. The molecule has 0 saturated carbocycles. The van der Waals surface area contributed by atoms with Gasteiger partial charge in [-0.2, -0.15) is 0 Å². The third-order valence-electron chi connectivity index (χ3n) is 14.3. The average Bonchev–Trinajstić information content (AvgIpc) is 3.55. The van der Waals surface area contributed by atoms with Gasteiger partial charge in [0, 0.05) is 28.2 Å². The molecule has 14 rings (SSSR count). The van der Waals surface area contributed by atoms with Crippen LogP contribution in [0, 0.1) is 0 Å². The summed E-state index contributed by atoms with van der Waals surface area (Å²) in [6.45, 7) is 0. The minimum Gasteiger partial charge on any atom is -0.456 e. The zero-order chi connectivity index (χ0) is 42.6. The van der Waals surface area contributed by atoms with Crippen molar-refractivity contribution in [1.29, 1.82) is 0 Å². The fourth-order valence-electron chi connectivity index (χ4n) is 11.7. The molecular weight excluding hydrogens is 787 g/mol. The number of nitrogens with zero attached hydrogens (tertiary/aromatic N) is 1. The van der Waals surface area contributed by atoms with E-state index in [9.17, 15) is 0 Å². The van der Waals surface area contributed by atoms with Crippen molar-refractivity contribution >= 4 is 38.6 Å². The zero-order valence-electron chi connectivity index (χ0n) is 35.4. The van der Waals surface area contributed by atoms with E-state index in [1.54, 1.807) is 0 Å². The predicted octanol–water partition coefficient (Wildman–Crippen LogP) is 16.9. The van der Waals surface area contributed by atoms with E-state index in [0.29, 0.717) is 0 Å². The van der Waals surface area contributed by atoms with E-state index >= 15 is 0 Å². The number of benzene rings is 11. The van der Waals surface area contributed by atoms with Crippen LogP contribution in [0.3, 0.4) is 0 Å². The number of para-hydroxylation sites is 2. The van der Waals surface area contributed by atoms with Crippen LogP contribution in [0.1, 0.15) is 22.3 Å². The molecule has 11 aromatic carbocycles. The molecule has 65 heavy (non-hydrogen) atoms. The molecule has 0 aromatic heterocycles. The quantitative estimate of drug-likeness (QED) is 0.165. The first-order valence-corrected chi connectivity index (χ1v) is 22.5. The van der Waals surface area contributed by atoms with Gasteiger partial charge in [0.2, 0.25) is 0 Å². The Kier molecular flexibility index (Phi) is 7.64. The van der Waals surface area contributed by atoms with Crippen LogP contribution in [0.2, 0.25) is 0 Å². The summed E-state index contributed by atoms with van der Waals surface area (Å²) >= 11 is 0. The Hall–Kier alpha value is -8.46. The van der Waals surface area contributed by atoms with Gasteiger partial charge in [0.05, 0.1) is 5.41 Å². The first kappa shape index (κ1) is 36.1. The Morgan fingerprint density at radius 1 is 0.277 bits per heavy atom. The topological polar surface area (TPSA) is 12.5 Å². The third-order valence-corrected chi connectivity index (χ3v) is 14.3. The highest BCUT2D eigenvalue weighted by molar-refractivity contribution is 6.20. The lowest BCUT2D eigenvalue weighted by molar-refractivity contribution is 0.488. The van der Waals surface area contributed by atoms with Crippen molar-refractivity contribution < 1.29 is 4.74 Å². The molecule has 0 radical (unpaired) electrons.